The van der Waals surface area contributed by atoms with Gasteiger partial charge in [0.1, 0.15) is 0 Å². The van der Waals surface area contributed by atoms with Crippen LogP contribution in [0.3, 0.4) is 0 Å². The number of anilines is 1. The van der Waals surface area contributed by atoms with E-state index in [-0.39, 0.29) is 5.91 Å². The maximum absolute atomic E-state index is 14.0. The molecule has 0 atom stereocenters. The van der Waals surface area contributed by atoms with E-state index in [1.54, 1.807) is 0 Å². The number of benzene rings is 3. The van der Waals surface area contributed by atoms with Crippen LogP contribution in [-0.2, 0) is 21.3 Å². The van der Waals surface area contributed by atoms with Crippen molar-refractivity contribution >= 4 is 11.6 Å². The standard InChI is InChI=1S/C28H27N3O2/c1-29-23-15-9-8-14-22(23)28(25(29)33)30-16-26(20-10-4-2-5-11-20)17-31(28)19-27(18-30,24(26)32)21-12-6-3-7-13-21/h2-15,24,32H,16-19H2,1H3. The summed E-state index contributed by atoms with van der Waals surface area (Å²) in [6, 6.07) is 29.0. The normalized spacial score (nSPS) is 38.2. The van der Waals surface area contributed by atoms with Gasteiger partial charge in [-0.15, -0.1) is 0 Å². The second-order valence-electron chi connectivity index (χ2n) is 10.2. The van der Waals surface area contributed by atoms with Crippen LogP contribution in [0.15, 0.2) is 84.9 Å². The molecule has 5 aliphatic rings. The zero-order valence-electron chi connectivity index (χ0n) is 18.7. The lowest BCUT2D eigenvalue weighted by Gasteiger charge is -2.72. The third kappa shape index (κ3) is 2.12. The van der Waals surface area contributed by atoms with Crippen molar-refractivity contribution in [1.29, 1.82) is 0 Å². The summed E-state index contributed by atoms with van der Waals surface area (Å²) in [5.41, 5.74) is 2.62. The lowest BCUT2D eigenvalue weighted by molar-refractivity contribution is -0.245. The highest BCUT2D eigenvalue weighted by atomic mass is 16.3. The Kier molecular flexibility index (Phi) is 3.73. The van der Waals surface area contributed by atoms with E-state index in [0.29, 0.717) is 26.2 Å². The van der Waals surface area contributed by atoms with Gasteiger partial charge in [0, 0.05) is 49.6 Å². The molecule has 5 nitrogen and oxygen atoms in total. The highest BCUT2D eigenvalue weighted by molar-refractivity contribution is 6.07. The second-order valence-corrected chi connectivity index (χ2v) is 10.2. The monoisotopic (exact) mass is 437 g/mol. The van der Waals surface area contributed by atoms with Crippen molar-refractivity contribution in [2.45, 2.75) is 22.6 Å². The number of amides is 1. The summed E-state index contributed by atoms with van der Waals surface area (Å²) < 4.78 is 0. The summed E-state index contributed by atoms with van der Waals surface area (Å²) >= 11 is 0. The van der Waals surface area contributed by atoms with Crippen LogP contribution in [-0.4, -0.2) is 60.1 Å². The topological polar surface area (TPSA) is 47.0 Å². The number of aliphatic hydroxyl groups excluding tert-OH is 1. The van der Waals surface area contributed by atoms with Crippen LogP contribution >= 0.6 is 0 Å². The van der Waals surface area contributed by atoms with Gasteiger partial charge < -0.3 is 10.0 Å². The lowest BCUT2D eigenvalue weighted by Crippen LogP contribution is -2.87. The molecule has 4 saturated heterocycles. The summed E-state index contributed by atoms with van der Waals surface area (Å²) in [7, 11) is 1.89. The Morgan fingerprint density at radius 1 is 0.727 bits per heavy atom. The average molecular weight is 438 g/mol. The number of para-hydroxylation sites is 1. The summed E-state index contributed by atoms with van der Waals surface area (Å²) in [4.78, 5) is 20.6. The number of aliphatic hydroxyl groups is 1. The van der Waals surface area contributed by atoms with E-state index in [1.165, 1.54) is 0 Å². The molecule has 5 heterocycles. The molecular formula is C28H27N3O2. The third-order valence-corrected chi connectivity index (χ3v) is 8.80. The minimum Gasteiger partial charge on any atom is -0.391 e. The average Bonchev–Trinajstić information content (AvgIpc) is 3.08. The Morgan fingerprint density at radius 3 is 1.70 bits per heavy atom. The number of likely N-dealkylation sites (N-methyl/N-ethyl adjacent to an activating group) is 1. The van der Waals surface area contributed by atoms with Gasteiger partial charge >= 0.3 is 0 Å². The van der Waals surface area contributed by atoms with E-state index in [0.717, 1.165) is 22.4 Å². The molecule has 0 saturated carbocycles. The molecule has 1 amide bonds. The van der Waals surface area contributed by atoms with Crippen molar-refractivity contribution in [1.82, 2.24) is 9.80 Å². The van der Waals surface area contributed by atoms with E-state index in [2.05, 4.69) is 64.4 Å². The van der Waals surface area contributed by atoms with E-state index in [9.17, 15) is 9.90 Å². The highest BCUT2D eigenvalue weighted by Gasteiger charge is 2.74. The first-order valence-corrected chi connectivity index (χ1v) is 11.7. The fourth-order valence-electron chi connectivity index (χ4n) is 7.46. The van der Waals surface area contributed by atoms with Gasteiger partial charge in [-0.2, -0.15) is 0 Å². The highest BCUT2D eigenvalue weighted by Crippen LogP contribution is 2.61. The number of piperidine rings is 2. The molecule has 166 valence electrons. The van der Waals surface area contributed by atoms with Crippen molar-refractivity contribution < 1.29 is 9.90 Å². The van der Waals surface area contributed by atoms with E-state index < -0.39 is 22.6 Å². The van der Waals surface area contributed by atoms with Gasteiger partial charge in [-0.3, -0.25) is 14.6 Å². The predicted octanol–water partition coefficient (Wildman–Crippen LogP) is 2.70. The van der Waals surface area contributed by atoms with Crippen LogP contribution < -0.4 is 4.90 Å². The minimum absolute atomic E-state index is 0.114. The molecule has 8 rings (SSSR count). The van der Waals surface area contributed by atoms with Crippen molar-refractivity contribution in [2.24, 2.45) is 0 Å². The number of nitrogens with zero attached hydrogens (tertiary/aromatic N) is 3. The molecule has 1 spiro atoms. The van der Waals surface area contributed by atoms with Crippen LogP contribution in [0.2, 0.25) is 0 Å². The van der Waals surface area contributed by atoms with Gasteiger partial charge in [0.2, 0.25) is 0 Å². The molecule has 4 bridgehead atoms. The number of carbonyl (C=O) groups excluding carboxylic acids is 1. The molecular weight excluding hydrogens is 410 g/mol. The maximum atomic E-state index is 14.0. The minimum atomic E-state index is -0.804. The van der Waals surface area contributed by atoms with Gasteiger partial charge in [0.05, 0.1) is 11.8 Å². The maximum Gasteiger partial charge on any atom is 0.267 e. The molecule has 4 fully saturated rings. The Bertz CT molecular complexity index is 1180. The summed E-state index contributed by atoms with van der Waals surface area (Å²) in [6.45, 7) is 2.60. The van der Waals surface area contributed by atoms with E-state index in [4.69, 9.17) is 0 Å². The van der Waals surface area contributed by atoms with Crippen LogP contribution in [0.25, 0.3) is 0 Å². The zero-order chi connectivity index (χ0) is 22.4. The molecule has 3 aromatic carbocycles. The van der Waals surface area contributed by atoms with Crippen LogP contribution in [0.1, 0.15) is 16.7 Å². The predicted molar refractivity (Wildman–Crippen MR) is 127 cm³/mol. The second kappa shape index (κ2) is 6.32. The van der Waals surface area contributed by atoms with Crippen molar-refractivity contribution in [3.63, 3.8) is 0 Å². The van der Waals surface area contributed by atoms with Crippen molar-refractivity contribution in [3.8, 4) is 0 Å². The molecule has 0 radical (unpaired) electrons. The van der Waals surface area contributed by atoms with Gasteiger partial charge in [-0.25, -0.2) is 0 Å². The Morgan fingerprint density at radius 2 is 1.18 bits per heavy atom. The number of rotatable bonds is 2. The summed E-state index contributed by atoms with van der Waals surface area (Å²) in [6.07, 6.45) is -0.538. The molecule has 0 aromatic heterocycles. The first-order chi connectivity index (χ1) is 16.0. The number of fused-ring (bicyclic) bond motifs is 1. The fourth-order valence-corrected chi connectivity index (χ4v) is 7.46. The third-order valence-electron chi connectivity index (χ3n) is 8.80. The smallest absolute Gasteiger partial charge is 0.267 e. The van der Waals surface area contributed by atoms with Crippen molar-refractivity contribution in [3.05, 3.63) is 102 Å². The molecule has 5 aliphatic heterocycles. The Hall–Kier alpha value is -2.99. The lowest BCUT2D eigenvalue weighted by atomic mass is 9.53. The number of hydrogen-bond donors (Lipinski definition) is 1. The molecule has 1 N–H and O–H groups in total. The Balaban J connectivity index is 1.48. The van der Waals surface area contributed by atoms with E-state index in [1.807, 2.05) is 42.3 Å². The van der Waals surface area contributed by atoms with Gasteiger partial charge in [-0.1, -0.05) is 78.9 Å². The molecule has 33 heavy (non-hydrogen) atoms. The molecule has 0 unspecified atom stereocenters. The molecule has 5 heteroatoms. The van der Waals surface area contributed by atoms with Crippen LogP contribution in [0, 0.1) is 0 Å². The SMILES string of the molecule is CN1C(=O)C2(c3ccccc31)N1CC3(c4ccccc4)CN2CC(c2ccccc2)(C1)C3O. The first-order valence-electron chi connectivity index (χ1n) is 11.7. The molecule has 3 aromatic rings. The number of carbonyl (C=O) groups is 1. The van der Waals surface area contributed by atoms with Gasteiger partial charge in [0.15, 0.2) is 5.66 Å². The van der Waals surface area contributed by atoms with Crippen molar-refractivity contribution in [2.75, 3.05) is 38.1 Å². The van der Waals surface area contributed by atoms with Crippen LogP contribution in [0.4, 0.5) is 5.69 Å². The summed E-state index contributed by atoms with van der Waals surface area (Å²) in [5.74, 6) is 0.114. The summed E-state index contributed by atoms with van der Waals surface area (Å²) in [5, 5.41) is 12.1. The van der Waals surface area contributed by atoms with Crippen LogP contribution in [0.5, 0.6) is 0 Å². The van der Waals surface area contributed by atoms with E-state index >= 15 is 0 Å². The molecule has 0 aliphatic carbocycles. The quantitative estimate of drug-likeness (QED) is 0.670. The number of hydrogen-bond acceptors (Lipinski definition) is 4. The zero-order valence-corrected chi connectivity index (χ0v) is 18.7. The fraction of sp³-hybridized carbons (Fsp3) is 0.321. The van der Waals surface area contributed by atoms with Gasteiger partial charge in [-0.05, 0) is 17.2 Å². The Labute approximate surface area is 193 Å². The van der Waals surface area contributed by atoms with Gasteiger partial charge in [0.25, 0.3) is 5.91 Å². The first kappa shape index (κ1) is 19.5. The largest absolute Gasteiger partial charge is 0.391 e.